The van der Waals surface area contributed by atoms with E-state index >= 15 is 0 Å². The Morgan fingerprint density at radius 2 is 2.28 bits per heavy atom. The number of nitrogens with zero attached hydrogens (tertiary/aromatic N) is 5. The summed E-state index contributed by atoms with van der Waals surface area (Å²) in [5, 5.41) is 2.00. The number of hydrogen-bond acceptors (Lipinski definition) is 4. The van der Waals surface area contributed by atoms with Crippen molar-refractivity contribution in [3.8, 4) is 0 Å². The third-order valence-corrected chi connectivity index (χ3v) is 5.64. The average Bonchev–Trinajstić information content (AvgIpc) is 3.30. The quantitative estimate of drug-likeness (QED) is 0.721. The van der Waals surface area contributed by atoms with Gasteiger partial charge in [0, 0.05) is 55.2 Å². The molecule has 1 fully saturated rings. The highest BCUT2D eigenvalue weighted by molar-refractivity contribution is 7.15. The van der Waals surface area contributed by atoms with Gasteiger partial charge in [-0.3, -0.25) is 9.20 Å². The van der Waals surface area contributed by atoms with Crippen LogP contribution in [0.3, 0.4) is 0 Å². The van der Waals surface area contributed by atoms with Crippen molar-refractivity contribution in [2.75, 3.05) is 13.1 Å². The number of thiazole rings is 1. The van der Waals surface area contributed by atoms with E-state index < -0.39 is 0 Å². The maximum absolute atomic E-state index is 12.8. The zero-order chi connectivity index (χ0) is 17.4. The minimum atomic E-state index is 0.165. The van der Waals surface area contributed by atoms with E-state index in [2.05, 4.69) is 28.4 Å². The molecule has 4 heterocycles. The number of imidazole rings is 2. The molecule has 1 atom stereocenters. The van der Waals surface area contributed by atoms with E-state index in [0.717, 1.165) is 42.4 Å². The summed E-state index contributed by atoms with van der Waals surface area (Å²) >= 11 is 1.59. The fraction of sp³-hybridized carbons (Fsp3) is 0.500. The molecule has 1 aliphatic rings. The van der Waals surface area contributed by atoms with Crippen LogP contribution in [0.15, 0.2) is 30.2 Å². The molecule has 3 aromatic rings. The molecule has 0 radical (unpaired) electrons. The molecular formula is C18H23N5OS. The summed E-state index contributed by atoms with van der Waals surface area (Å²) in [4.78, 5) is 24.8. The fourth-order valence-corrected chi connectivity index (χ4v) is 4.34. The van der Waals surface area contributed by atoms with Crippen molar-refractivity contribution in [1.82, 2.24) is 23.8 Å². The minimum Gasteiger partial charge on any atom is -0.342 e. The van der Waals surface area contributed by atoms with Crippen LogP contribution in [0.5, 0.6) is 0 Å². The van der Waals surface area contributed by atoms with Gasteiger partial charge in [-0.05, 0) is 26.7 Å². The maximum Gasteiger partial charge on any atom is 0.228 e. The zero-order valence-corrected chi connectivity index (χ0v) is 15.4. The first-order valence-electron chi connectivity index (χ1n) is 8.83. The highest BCUT2D eigenvalue weighted by atomic mass is 32.1. The summed E-state index contributed by atoms with van der Waals surface area (Å²) in [5.74, 6) is 1.59. The lowest BCUT2D eigenvalue weighted by molar-refractivity contribution is -0.131. The molecule has 3 aromatic heterocycles. The Balaban J connectivity index is 1.46. The number of carbonyl (C=O) groups is 1. The Morgan fingerprint density at radius 3 is 3.08 bits per heavy atom. The summed E-state index contributed by atoms with van der Waals surface area (Å²) in [6, 6.07) is 0.391. The van der Waals surface area contributed by atoms with Crippen LogP contribution in [0, 0.1) is 0 Å². The van der Waals surface area contributed by atoms with E-state index in [1.54, 1.807) is 11.3 Å². The number of aromatic nitrogens is 4. The summed E-state index contributed by atoms with van der Waals surface area (Å²) in [7, 11) is 0. The summed E-state index contributed by atoms with van der Waals surface area (Å²) in [6.45, 7) is 5.92. The van der Waals surface area contributed by atoms with E-state index in [-0.39, 0.29) is 5.91 Å². The zero-order valence-electron chi connectivity index (χ0n) is 14.6. The fourth-order valence-electron chi connectivity index (χ4n) is 3.62. The molecule has 1 aliphatic heterocycles. The largest absolute Gasteiger partial charge is 0.342 e. The predicted octanol–water partition coefficient (Wildman–Crippen LogP) is 3.12. The molecule has 1 saturated heterocycles. The van der Waals surface area contributed by atoms with Gasteiger partial charge in [0.15, 0.2) is 4.96 Å². The lowest BCUT2D eigenvalue weighted by atomic mass is 9.96. The van der Waals surface area contributed by atoms with E-state index in [9.17, 15) is 4.79 Å². The van der Waals surface area contributed by atoms with E-state index in [1.165, 1.54) is 0 Å². The van der Waals surface area contributed by atoms with Gasteiger partial charge in [-0.2, -0.15) is 0 Å². The number of likely N-dealkylation sites (tertiary alicyclic amines) is 1. The van der Waals surface area contributed by atoms with Crippen molar-refractivity contribution in [2.24, 2.45) is 0 Å². The van der Waals surface area contributed by atoms with Crippen LogP contribution < -0.4 is 0 Å². The van der Waals surface area contributed by atoms with Crippen molar-refractivity contribution in [3.05, 3.63) is 41.7 Å². The van der Waals surface area contributed by atoms with Crippen LogP contribution in [0.2, 0.25) is 0 Å². The highest BCUT2D eigenvalue weighted by Gasteiger charge is 2.28. The number of amides is 1. The Hall–Kier alpha value is -2.15. The highest BCUT2D eigenvalue weighted by Crippen LogP contribution is 2.28. The first kappa shape index (κ1) is 16.3. The molecule has 0 N–H and O–H groups in total. The number of hydrogen-bond donors (Lipinski definition) is 0. The molecule has 132 valence electrons. The summed E-state index contributed by atoms with van der Waals surface area (Å²) < 4.78 is 4.20. The van der Waals surface area contributed by atoms with Gasteiger partial charge in [0.05, 0.1) is 12.1 Å². The molecule has 0 aromatic carbocycles. The average molecular weight is 357 g/mol. The first-order chi connectivity index (χ1) is 12.1. The second-order valence-electron chi connectivity index (χ2n) is 6.97. The second-order valence-corrected chi connectivity index (χ2v) is 7.84. The lowest BCUT2D eigenvalue weighted by Crippen LogP contribution is -2.40. The van der Waals surface area contributed by atoms with Crippen LogP contribution in [-0.2, 0) is 11.2 Å². The minimum absolute atomic E-state index is 0.165. The molecule has 4 rings (SSSR count). The predicted molar refractivity (Wildman–Crippen MR) is 97.9 cm³/mol. The Bertz CT molecular complexity index is 848. The van der Waals surface area contributed by atoms with Crippen molar-refractivity contribution in [1.29, 1.82) is 0 Å². The molecule has 0 spiro atoms. The van der Waals surface area contributed by atoms with E-state index in [4.69, 9.17) is 0 Å². The third kappa shape index (κ3) is 3.20. The van der Waals surface area contributed by atoms with Crippen LogP contribution in [0.25, 0.3) is 4.96 Å². The van der Waals surface area contributed by atoms with Gasteiger partial charge in [-0.1, -0.05) is 0 Å². The standard InChI is InChI=1S/C18H23N5OS/c1-13(2)23-7-5-19-17(23)14-4-3-6-21(11-14)16(24)10-15-12-22-8-9-25-18(22)20-15/h5,7-9,12-14H,3-4,6,10-11H2,1-2H3. The molecular weight excluding hydrogens is 334 g/mol. The number of rotatable bonds is 4. The summed E-state index contributed by atoms with van der Waals surface area (Å²) in [6.07, 6.45) is 10.3. The monoisotopic (exact) mass is 357 g/mol. The van der Waals surface area contributed by atoms with Gasteiger partial charge in [0.2, 0.25) is 5.91 Å². The van der Waals surface area contributed by atoms with E-state index in [1.807, 2.05) is 39.5 Å². The molecule has 6 nitrogen and oxygen atoms in total. The smallest absolute Gasteiger partial charge is 0.228 e. The van der Waals surface area contributed by atoms with Crippen LogP contribution in [0.1, 0.15) is 50.2 Å². The van der Waals surface area contributed by atoms with Crippen molar-refractivity contribution in [3.63, 3.8) is 0 Å². The topological polar surface area (TPSA) is 55.4 Å². The van der Waals surface area contributed by atoms with Gasteiger partial charge in [-0.25, -0.2) is 9.97 Å². The number of piperidine rings is 1. The lowest BCUT2D eigenvalue weighted by Gasteiger charge is -2.33. The van der Waals surface area contributed by atoms with Gasteiger partial charge in [0.1, 0.15) is 5.82 Å². The number of fused-ring (bicyclic) bond motifs is 1. The Labute approximate surface area is 151 Å². The molecule has 0 aliphatic carbocycles. The van der Waals surface area contributed by atoms with Crippen molar-refractivity contribution < 1.29 is 4.79 Å². The second kappa shape index (κ2) is 6.63. The normalized spacial score (nSPS) is 18.4. The van der Waals surface area contributed by atoms with Gasteiger partial charge < -0.3 is 9.47 Å². The van der Waals surface area contributed by atoms with Gasteiger partial charge >= 0.3 is 0 Å². The Morgan fingerprint density at radius 1 is 1.40 bits per heavy atom. The van der Waals surface area contributed by atoms with Crippen LogP contribution in [0.4, 0.5) is 0 Å². The SMILES string of the molecule is CC(C)n1ccnc1C1CCCN(C(=O)Cc2cn3ccsc3n2)C1. The molecule has 0 saturated carbocycles. The molecule has 0 bridgehead atoms. The van der Waals surface area contributed by atoms with Crippen LogP contribution >= 0.6 is 11.3 Å². The molecule has 1 amide bonds. The number of carbonyl (C=O) groups excluding carboxylic acids is 1. The molecule has 1 unspecified atom stereocenters. The maximum atomic E-state index is 12.8. The van der Waals surface area contributed by atoms with Crippen molar-refractivity contribution >= 4 is 22.2 Å². The van der Waals surface area contributed by atoms with E-state index in [0.29, 0.717) is 18.4 Å². The Kier molecular flexibility index (Phi) is 4.33. The van der Waals surface area contributed by atoms with Gasteiger partial charge in [0.25, 0.3) is 0 Å². The van der Waals surface area contributed by atoms with Crippen molar-refractivity contribution in [2.45, 2.75) is 45.1 Å². The molecule has 25 heavy (non-hydrogen) atoms. The van der Waals surface area contributed by atoms with Crippen LogP contribution in [-0.4, -0.2) is 42.8 Å². The van der Waals surface area contributed by atoms with Gasteiger partial charge in [-0.15, -0.1) is 11.3 Å². The summed E-state index contributed by atoms with van der Waals surface area (Å²) in [5.41, 5.74) is 0.850. The molecule has 7 heteroatoms. The third-order valence-electron chi connectivity index (χ3n) is 4.87. The first-order valence-corrected chi connectivity index (χ1v) is 9.71.